The number of sulfonamides is 1. The van der Waals surface area contributed by atoms with E-state index in [4.69, 9.17) is 0 Å². The summed E-state index contributed by atoms with van der Waals surface area (Å²) in [6.45, 7) is 2.50. The van der Waals surface area contributed by atoms with Gasteiger partial charge in [0.2, 0.25) is 10.0 Å². The number of hydrogen-bond donors (Lipinski definition) is 1. The van der Waals surface area contributed by atoms with Crippen LogP contribution in [0.5, 0.6) is 0 Å². The highest BCUT2D eigenvalue weighted by atomic mass is 32.2. The number of halogens is 3. The largest absolute Gasteiger partial charge is 0.416 e. The van der Waals surface area contributed by atoms with E-state index < -0.39 is 27.5 Å². The number of rotatable bonds is 7. The predicted molar refractivity (Wildman–Crippen MR) is 80.0 cm³/mol. The highest BCUT2D eigenvalue weighted by Gasteiger charge is 2.31. The number of aryl methyl sites for hydroxylation is 1. The Morgan fingerprint density at radius 3 is 2.36 bits per heavy atom. The third kappa shape index (κ3) is 6.76. The molecule has 0 aromatic heterocycles. The molecule has 0 aliphatic rings. The molecule has 0 bridgehead atoms. The summed E-state index contributed by atoms with van der Waals surface area (Å²) in [6.07, 6.45) is -3.85. The van der Waals surface area contributed by atoms with Crippen molar-refractivity contribution in [1.29, 1.82) is 0 Å². The monoisotopic (exact) mass is 338 g/mol. The molecular formula is C14H21F3N2O2S. The van der Waals surface area contributed by atoms with Gasteiger partial charge in [0, 0.05) is 6.54 Å². The van der Waals surface area contributed by atoms with E-state index in [0.29, 0.717) is 12.0 Å². The van der Waals surface area contributed by atoms with Crippen LogP contribution in [-0.2, 0) is 22.0 Å². The summed E-state index contributed by atoms with van der Waals surface area (Å²) in [7, 11) is 0.102. The molecule has 0 spiro atoms. The van der Waals surface area contributed by atoms with Crippen molar-refractivity contribution in [2.24, 2.45) is 0 Å². The fourth-order valence-corrected chi connectivity index (χ4v) is 3.17. The third-order valence-electron chi connectivity index (χ3n) is 2.93. The number of alkyl halides is 3. The van der Waals surface area contributed by atoms with Crippen LogP contribution in [0, 0.1) is 6.92 Å². The minimum absolute atomic E-state index is 0.132. The average Bonchev–Trinajstić information content (AvgIpc) is 2.32. The molecule has 0 unspecified atom stereocenters. The smallest absolute Gasteiger partial charge is 0.309 e. The minimum Gasteiger partial charge on any atom is -0.309 e. The minimum atomic E-state index is -4.48. The number of nitrogens with zero attached hydrogens (tertiary/aromatic N) is 1. The fourth-order valence-electron chi connectivity index (χ4n) is 2.00. The van der Waals surface area contributed by atoms with Crippen LogP contribution in [0.3, 0.4) is 0 Å². The average molecular weight is 338 g/mol. The molecule has 126 valence electrons. The van der Waals surface area contributed by atoms with Crippen molar-refractivity contribution in [3.05, 3.63) is 34.9 Å². The molecular weight excluding hydrogens is 317 g/mol. The predicted octanol–water partition coefficient (Wildman–Crippen LogP) is 2.38. The quantitative estimate of drug-likeness (QED) is 0.777. The van der Waals surface area contributed by atoms with Crippen LogP contribution in [0.1, 0.15) is 23.1 Å². The lowest BCUT2D eigenvalue weighted by atomic mass is 10.1. The molecule has 4 nitrogen and oxygen atoms in total. The summed E-state index contributed by atoms with van der Waals surface area (Å²) in [5, 5.41) is 0. The maximum Gasteiger partial charge on any atom is 0.416 e. The molecule has 0 aliphatic carbocycles. The molecule has 0 fully saturated rings. The van der Waals surface area contributed by atoms with Crippen LogP contribution in [0.2, 0.25) is 0 Å². The Balaban J connectivity index is 2.75. The van der Waals surface area contributed by atoms with E-state index in [1.807, 2.05) is 19.0 Å². The first-order chi connectivity index (χ1) is 9.99. The summed E-state index contributed by atoms with van der Waals surface area (Å²) in [5.74, 6) is -0.459. The highest BCUT2D eigenvalue weighted by molar-refractivity contribution is 7.88. The molecule has 22 heavy (non-hydrogen) atoms. The lowest BCUT2D eigenvalue weighted by molar-refractivity contribution is -0.137. The summed E-state index contributed by atoms with van der Waals surface area (Å²) in [6, 6.07) is 3.33. The zero-order valence-electron chi connectivity index (χ0n) is 12.9. The van der Waals surface area contributed by atoms with Gasteiger partial charge in [0.15, 0.2) is 0 Å². The maximum absolute atomic E-state index is 12.7. The normalized spacial score (nSPS) is 12.9. The second-order valence-electron chi connectivity index (χ2n) is 5.52. The Bertz CT molecular complexity index is 599. The topological polar surface area (TPSA) is 49.4 Å². The Morgan fingerprint density at radius 1 is 1.18 bits per heavy atom. The van der Waals surface area contributed by atoms with Gasteiger partial charge in [-0.05, 0) is 51.7 Å². The SMILES string of the molecule is Cc1cc(CS(=O)(=O)NCCCN(C)C)cc(C(F)(F)F)c1. The van der Waals surface area contributed by atoms with Crippen molar-refractivity contribution in [1.82, 2.24) is 9.62 Å². The van der Waals surface area contributed by atoms with Crippen molar-refractivity contribution in [3.8, 4) is 0 Å². The van der Waals surface area contributed by atoms with Gasteiger partial charge >= 0.3 is 6.18 Å². The van der Waals surface area contributed by atoms with Crippen LogP contribution < -0.4 is 4.72 Å². The molecule has 0 atom stereocenters. The first kappa shape index (κ1) is 18.9. The summed E-state index contributed by atoms with van der Waals surface area (Å²) < 4.78 is 64.4. The van der Waals surface area contributed by atoms with Gasteiger partial charge in [0.05, 0.1) is 11.3 Å². The number of nitrogens with one attached hydrogen (secondary N) is 1. The Labute approximate surface area is 129 Å². The molecule has 1 aromatic carbocycles. The lowest BCUT2D eigenvalue weighted by Gasteiger charge is -2.12. The molecule has 0 saturated carbocycles. The molecule has 8 heteroatoms. The zero-order chi connectivity index (χ0) is 17.0. The number of benzene rings is 1. The number of hydrogen-bond acceptors (Lipinski definition) is 3. The van der Waals surface area contributed by atoms with Gasteiger partial charge in [0.1, 0.15) is 0 Å². The van der Waals surface area contributed by atoms with E-state index in [-0.39, 0.29) is 12.1 Å². The van der Waals surface area contributed by atoms with Crippen molar-refractivity contribution in [2.75, 3.05) is 27.2 Å². The van der Waals surface area contributed by atoms with Gasteiger partial charge in [-0.3, -0.25) is 0 Å². The fraction of sp³-hybridized carbons (Fsp3) is 0.571. The van der Waals surface area contributed by atoms with Gasteiger partial charge in [0.25, 0.3) is 0 Å². The molecule has 0 amide bonds. The van der Waals surface area contributed by atoms with Gasteiger partial charge in [-0.15, -0.1) is 0 Å². The van der Waals surface area contributed by atoms with Crippen molar-refractivity contribution in [3.63, 3.8) is 0 Å². The molecule has 1 N–H and O–H groups in total. The van der Waals surface area contributed by atoms with E-state index in [2.05, 4.69) is 4.72 Å². The van der Waals surface area contributed by atoms with Crippen LogP contribution >= 0.6 is 0 Å². The van der Waals surface area contributed by atoms with Crippen LogP contribution in [0.15, 0.2) is 18.2 Å². The van der Waals surface area contributed by atoms with Gasteiger partial charge in [-0.2, -0.15) is 13.2 Å². The third-order valence-corrected chi connectivity index (χ3v) is 4.28. The second-order valence-corrected chi connectivity index (χ2v) is 7.32. The zero-order valence-corrected chi connectivity index (χ0v) is 13.7. The molecule has 1 rings (SSSR count). The van der Waals surface area contributed by atoms with Gasteiger partial charge in [-0.25, -0.2) is 13.1 Å². The van der Waals surface area contributed by atoms with E-state index in [0.717, 1.165) is 18.7 Å². The van der Waals surface area contributed by atoms with Crippen LogP contribution in [0.4, 0.5) is 13.2 Å². The summed E-state index contributed by atoms with van der Waals surface area (Å²) in [5.41, 5.74) is -0.314. The van der Waals surface area contributed by atoms with E-state index in [1.165, 1.54) is 13.0 Å². The van der Waals surface area contributed by atoms with Crippen molar-refractivity contribution >= 4 is 10.0 Å². The second kappa shape index (κ2) is 7.43. The first-order valence-corrected chi connectivity index (χ1v) is 8.45. The summed E-state index contributed by atoms with van der Waals surface area (Å²) >= 11 is 0. The highest BCUT2D eigenvalue weighted by Crippen LogP contribution is 2.30. The Morgan fingerprint density at radius 2 is 1.82 bits per heavy atom. The van der Waals surface area contributed by atoms with Crippen molar-refractivity contribution < 1.29 is 21.6 Å². The van der Waals surface area contributed by atoms with E-state index in [9.17, 15) is 21.6 Å². The van der Waals surface area contributed by atoms with E-state index >= 15 is 0 Å². The summed E-state index contributed by atoms with van der Waals surface area (Å²) in [4.78, 5) is 1.92. The van der Waals surface area contributed by atoms with Crippen LogP contribution in [-0.4, -0.2) is 40.5 Å². The first-order valence-electron chi connectivity index (χ1n) is 6.79. The Hall–Kier alpha value is -1.12. The lowest BCUT2D eigenvalue weighted by Crippen LogP contribution is -2.28. The van der Waals surface area contributed by atoms with Crippen molar-refractivity contribution in [2.45, 2.75) is 25.3 Å². The van der Waals surface area contributed by atoms with Gasteiger partial charge in [-0.1, -0.05) is 11.6 Å². The molecule has 0 radical (unpaired) electrons. The molecule has 1 aromatic rings. The molecule has 0 aliphatic heterocycles. The molecule has 0 saturated heterocycles. The molecule has 0 heterocycles. The van der Waals surface area contributed by atoms with E-state index in [1.54, 1.807) is 0 Å². The van der Waals surface area contributed by atoms with Gasteiger partial charge < -0.3 is 4.90 Å². The standard InChI is InChI=1S/C14H21F3N2O2S/c1-11-7-12(9-13(8-11)14(15,16)17)10-22(20,21)18-5-4-6-19(2)3/h7-9,18H,4-6,10H2,1-3H3. The Kier molecular flexibility index (Phi) is 6.39. The maximum atomic E-state index is 12.7. The van der Waals surface area contributed by atoms with Crippen LogP contribution in [0.25, 0.3) is 0 Å².